The maximum Gasteiger partial charge on any atom is 4.00 e. The van der Waals surface area contributed by atoms with Crippen LogP contribution in [-0.4, -0.2) is 8.07 Å². The molecule has 4 aromatic rings. The summed E-state index contributed by atoms with van der Waals surface area (Å²) in [5, 5.41) is 5.67. The van der Waals surface area contributed by atoms with Crippen molar-refractivity contribution >= 4 is 8.07 Å². The van der Waals surface area contributed by atoms with Gasteiger partial charge in [0.05, 0.1) is 0 Å². The summed E-state index contributed by atoms with van der Waals surface area (Å²) in [6.45, 7) is 27.4. The van der Waals surface area contributed by atoms with Crippen LogP contribution in [-0.2, 0) is 43.4 Å². The summed E-state index contributed by atoms with van der Waals surface area (Å²) < 4.78 is 0. The third-order valence-electron chi connectivity index (χ3n) is 6.72. The molecule has 0 fully saturated rings. The molecule has 0 aliphatic carbocycles. The van der Waals surface area contributed by atoms with Crippen LogP contribution < -0.4 is 0 Å². The monoisotopic (exact) mass is 708 g/mol. The molecule has 0 amide bonds. The number of hydrogen-bond acceptors (Lipinski definition) is 0. The Morgan fingerprint density at radius 1 is 0.426 bits per heavy atom. The van der Waals surface area contributed by atoms with Gasteiger partial charge >= 0.3 is 43.4 Å². The van der Waals surface area contributed by atoms with Gasteiger partial charge in [0.25, 0.3) is 0 Å². The van der Waals surface area contributed by atoms with Crippen LogP contribution in [0.15, 0.2) is 142 Å². The van der Waals surface area contributed by atoms with Crippen LogP contribution in [0.25, 0.3) is 0 Å². The van der Waals surface area contributed by atoms with Gasteiger partial charge in [0.2, 0.25) is 0 Å². The summed E-state index contributed by atoms with van der Waals surface area (Å²) in [7, 11) is -2.08. The Hall–Kier alpha value is -1.99. The molecule has 2 aliphatic rings. The Balaban J connectivity index is 0.000000763. The molecule has 0 nitrogen and oxygen atoms in total. The quantitative estimate of drug-likeness (QED) is 0.126. The van der Waals surface area contributed by atoms with E-state index in [1.807, 2.05) is 121 Å². The Kier molecular flexibility index (Phi) is 19.0. The predicted octanol–water partition coefficient (Wildman–Crippen LogP) is 12.3. The molecular weight excluding hydrogens is 652 g/mol. The van der Waals surface area contributed by atoms with Crippen molar-refractivity contribution in [3.63, 3.8) is 0 Å². The van der Waals surface area contributed by atoms with Crippen LogP contribution in [0.2, 0.25) is 0 Å². The second-order valence-electron chi connectivity index (χ2n) is 15.6. The Labute approximate surface area is 320 Å². The van der Waals surface area contributed by atoms with Crippen molar-refractivity contribution in [2.75, 3.05) is 0 Å². The van der Waals surface area contributed by atoms with Gasteiger partial charge in [-0.3, -0.25) is 10.4 Å². The standard InChI is InChI=1S/C24H36Si.4C5H5.2Ti/c1-21(2,3)15-17-13-19(23(7,8)9)25(17)18(16-22(4,5)6)14-20(25)24(10,11)12;4*1-2-4-5-3-1;;/h1-12H3;4*1-5H;;/q-4;4*-1;2*+4. The van der Waals surface area contributed by atoms with Crippen LogP contribution in [0.4, 0.5) is 0 Å². The van der Waals surface area contributed by atoms with E-state index < -0.39 is 8.07 Å². The van der Waals surface area contributed by atoms with Gasteiger partial charge in [-0.2, -0.15) is 83.6 Å². The van der Waals surface area contributed by atoms with Crippen molar-refractivity contribution in [1.29, 1.82) is 0 Å². The average molecular weight is 709 g/mol. The minimum absolute atomic E-state index is 0. The molecule has 2 heterocycles. The second-order valence-corrected chi connectivity index (χ2v) is 19.1. The topological polar surface area (TPSA) is 0 Å². The normalized spacial score (nSPS) is 18.3. The van der Waals surface area contributed by atoms with Crippen molar-refractivity contribution in [1.82, 2.24) is 0 Å². The maximum atomic E-state index is 3.79. The minimum Gasteiger partial charge on any atom is -0.527 e. The van der Waals surface area contributed by atoms with Gasteiger partial charge in [0, 0.05) is 0 Å². The van der Waals surface area contributed by atoms with Crippen LogP contribution in [0.1, 0.15) is 83.1 Å². The van der Waals surface area contributed by atoms with E-state index in [4.69, 9.17) is 0 Å². The van der Waals surface area contributed by atoms with Gasteiger partial charge in [-0.25, -0.2) is 48.5 Å². The average Bonchev–Trinajstić information content (AvgIpc) is 3.74. The van der Waals surface area contributed by atoms with Gasteiger partial charge in [0.1, 0.15) is 0 Å². The largest absolute Gasteiger partial charge is 4.00 e. The summed E-state index contributed by atoms with van der Waals surface area (Å²) in [5.41, 5.74) is 0.325. The molecule has 0 N–H and O–H groups in total. The molecule has 244 valence electrons. The number of allylic oxidation sites excluding steroid dienone is 8. The second kappa shape index (κ2) is 19.9. The predicted molar refractivity (Wildman–Crippen MR) is 199 cm³/mol. The third kappa shape index (κ3) is 15.0. The first kappa shape index (κ1) is 45.0. The molecule has 4 aromatic carbocycles. The van der Waals surface area contributed by atoms with E-state index in [9.17, 15) is 0 Å². The summed E-state index contributed by atoms with van der Waals surface area (Å²) in [6, 6.07) is 40.0. The summed E-state index contributed by atoms with van der Waals surface area (Å²) >= 11 is 0. The summed E-state index contributed by atoms with van der Waals surface area (Å²) in [5.74, 6) is 0. The zero-order valence-electron chi connectivity index (χ0n) is 31.0. The van der Waals surface area contributed by atoms with Crippen molar-refractivity contribution in [2.24, 2.45) is 21.7 Å². The summed E-state index contributed by atoms with van der Waals surface area (Å²) in [6.07, 6.45) is 15.1. The molecule has 0 saturated heterocycles. The van der Waals surface area contributed by atoms with E-state index in [0.717, 1.165) is 0 Å². The molecule has 2 aliphatic heterocycles. The van der Waals surface area contributed by atoms with Crippen molar-refractivity contribution in [2.45, 2.75) is 83.1 Å². The summed E-state index contributed by atoms with van der Waals surface area (Å²) in [4.78, 5) is 0. The van der Waals surface area contributed by atoms with E-state index in [2.05, 4.69) is 107 Å². The van der Waals surface area contributed by atoms with Crippen molar-refractivity contribution in [3.05, 3.63) is 166 Å². The van der Waals surface area contributed by atoms with Crippen molar-refractivity contribution in [3.8, 4) is 0 Å². The Morgan fingerprint density at radius 3 is 0.766 bits per heavy atom. The molecule has 6 rings (SSSR count). The number of rotatable bonds is 0. The fourth-order valence-electron chi connectivity index (χ4n) is 5.03. The van der Waals surface area contributed by atoms with Crippen LogP contribution in [0, 0.1) is 46.0 Å². The Morgan fingerprint density at radius 2 is 0.638 bits per heavy atom. The maximum absolute atomic E-state index is 3.79. The molecule has 0 bridgehead atoms. The molecule has 47 heavy (non-hydrogen) atoms. The molecule has 0 unspecified atom stereocenters. The first-order chi connectivity index (χ1) is 20.9. The first-order valence-electron chi connectivity index (χ1n) is 16.2. The first-order valence-corrected chi connectivity index (χ1v) is 18.2. The van der Waals surface area contributed by atoms with Gasteiger partial charge in [0.15, 0.2) is 0 Å². The zero-order chi connectivity index (χ0) is 33.8. The Bertz CT molecular complexity index is 1190. The van der Waals surface area contributed by atoms with Gasteiger partial charge < -0.3 is 34.7 Å². The molecule has 0 atom stereocenters. The fraction of sp³-hybridized carbons (Fsp3) is 0.364. The number of hydrogen-bond donors (Lipinski definition) is 0. The van der Waals surface area contributed by atoms with Crippen LogP contribution in [0.5, 0.6) is 0 Å². The van der Waals surface area contributed by atoms with E-state index in [1.54, 1.807) is 0 Å². The molecule has 3 heteroatoms. The molecule has 0 aromatic heterocycles. The third-order valence-corrected chi connectivity index (χ3v) is 12.0. The van der Waals surface area contributed by atoms with Crippen LogP contribution >= 0.6 is 0 Å². The molecule has 0 saturated carbocycles. The van der Waals surface area contributed by atoms with E-state index in [-0.39, 0.29) is 65.1 Å². The SMILES string of the molecule is CC(C)(C)[C-]=C1[C-]=C(C(C)(C)C)[Si]12C(=[C-]C(C)(C)C)[C-]=C2C(C)(C)C.[Ti+4].[Ti+4].c1cc[cH-]c1.c1cc[cH-]c1.c1cc[cH-]c1.c1cc[cH-]c1. The zero-order valence-corrected chi connectivity index (χ0v) is 35.2. The van der Waals surface area contributed by atoms with E-state index in [0.29, 0.717) is 0 Å². The smallest absolute Gasteiger partial charge is 0.527 e. The van der Waals surface area contributed by atoms with Crippen LogP contribution in [0.3, 0.4) is 0 Å². The van der Waals surface area contributed by atoms with Gasteiger partial charge in [-0.05, 0) is 8.07 Å². The van der Waals surface area contributed by atoms with Gasteiger partial charge in [-0.1, -0.05) is 93.9 Å². The fourth-order valence-corrected chi connectivity index (χ4v) is 10.8. The van der Waals surface area contributed by atoms with Gasteiger partial charge in [-0.15, -0.1) is 0 Å². The molecule has 0 radical (unpaired) electrons. The van der Waals surface area contributed by atoms with Crippen molar-refractivity contribution < 1.29 is 43.4 Å². The molecular formula is C44H56SiTi2. The van der Waals surface area contributed by atoms with E-state index in [1.165, 1.54) is 20.8 Å². The molecule has 1 spiro atoms. The minimum atomic E-state index is -2.08. The van der Waals surface area contributed by atoms with E-state index >= 15 is 0 Å².